The fraction of sp³-hybridized carbons (Fsp3) is 0.923. The Labute approximate surface area is 98.8 Å². The zero-order valence-corrected chi connectivity index (χ0v) is 10.8. The number of likely N-dealkylation sites (tertiary alicyclic amines) is 1. The maximum absolute atomic E-state index is 10.6. The van der Waals surface area contributed by atoms with Crippen molar-refractivity contribution in [2.24, 2.45) is 11.8 Å². The van der Waals surface area contributed by atoms with Crippen LogP contribution in [0.2, 0.25) is 0 Å². The van der Waals surface area contributed by atoms with Crippen LogP contribution in [0.3, 0.4) is 0 Å². The number of piperidine rings is 1. The summed E-state index contributed by atoms with van der Waals surface area (Å²) in [6.07, 6.45) is 3.69. The minimum absolute atomic E-state index is 0.354. The van der Waals surface area contributed by atoms with Gasteiger partial charge in [-0.2, -0.15) is 0 Å². The molecule has 1 aliphatic rings. The highest BCUT2D eigenvalue weighted by Gasteiger charge is 2.24. The largest absolute Gasteiger partial charge is 0.481 e. The van der Waals surface area contributed by atoms with Gasteiger partial charge in [-0.1, -0.05) is 13.8 Å². The molecule has 1 rings (SSSR count). The van der Waals surface area contributed by atoms with Crippen LogP contribution in [0.4, 0.5) is 0 Å². The summed E-state index contributed by atoms with van der Waals surface area (Å²) in [7, 11) is 0. The number of carbonyl (C=O) groups is 1. The molecule has 1 N–H and O–H groups in total. The highest BCUT2D eigenvalue weighted by Crippen LogP contribution is 2.23. The Balaban J connectivity index is 2.28. The SMILES string of the molecule is CC(C)CC(C)N1CCC(CC(=O)O)CC1. The predicted octanol–water partition coefficient (Wildman–Crippen LogP) is 2.61. The topological polar surface area (TPSA) is 40.5 Å². The van der Waals surface area contributed by atoms with E-state index in [2.05, 4.69) is 25.7 Å². The molecule has 16 heavy (non-hydrogen) atoms. The van der Waals surface area contributed by atoms with Gasteiger partial charge < -0.3 is 10.0 Å². The maximum atomic E-state index is 10.6. The van der Waals surface area contributed by atoms with E-state index < -0.39 is 5.97 Å². The Morgan fingerprint density at radius 1 is 1.31 bits per heavy atom. The van der Waals surface area contributed by atoms with Crippen molar-refractivity contribution in [3.63, 3.8) is 0 Å². The standard InChI is InChI=1S/C13H25NO2/c1-10(2)8-11(3)14-6-4-12(5-7-14)9-13(15)16/h10-12H,4-9H2,1-3H3,(H,15,16). The lowest BCUT2D eigenvalue weighted by Gasteiger charge is -2.36. The Morgan fingerprint density at radius 2 is 1.88 bits per heavy atom. The average Bonchev–Trinajstić information content (AvgIpc) is 2.16. The first-order valence-electron chi connectivity index (χ1n) is 6.45. The van der Waals surface area contributed by atoms with Crippen LogP contribution in [-0.4, -0.2) is 35.1 Å². The van der Waals surface area contributed by atoms with Gasteiger partial charge in [0.25, 0.3) is 0 Å². The Bertz CT molecular complexity index is 220. The fourth-order valence-electron chi connectivity index (χ4n) is 2.68. The number of hydrogen-bond acceptors (Lipinski definition) is 2. The van der Waals surface area contributed by atoms with E-state index in [0.717, 1.165) is 31.8 Å². The molecule has 0 spiro atoms. The fourth-order valence-corrected chi connectivity index (χ4v) is 2.68. The van der Waals surface area contributed by atoms with Crippen molar-refractivity contribution in [3.05, 3.63) is 0 Å². The van der Waals surface area contributed by atoms with Crippen LogP contribution in [0.25, 0.3) is 0 Å². The van der Waals surface area contributed by atoms with Crippen LogP contribution < -0.4 is 0 Å². The lowest BCUT2D eigenvalue weighted by molar-refractivity contribution is -0.138. The first kappa shape index (κ1) is 13.5. The van der Waals surface area contributed by atoms with Crippen LogP contribution in [-0.2, 0) is 4.79 Å². The third-order valence-corrected chi connectivity index (χ3v) is 3.55. The van der Waals surface area contributed by atoms with Crippen molar-refractivity contribution in [2.45, 2.75) is 52.5 Å². The predicted molar refractivity (Wildman–Crippen MR) is 65.5 cm³/mol. The highest BCUT2D eigenvalue weighted by atomic mass is 16.4. The zero-order chi connectivity index (χ0) is 12.1. The van der Waals surface area contributed by atoms with E-state index in [1.807, 2.05) is 0 Å². The number of carboxylic acid groups (broad SMARTS) is 1. The van der Waals surface area contributed by atoms with Crippen molar-refractivity contribution >= 4 is 5.97 Å². The molecule has 0 amide bonds. The van der Waals surface area contributed by atoms with Crippen LogP contribution >= 0.6 is 0 Å². The van der Waals surface area contributed by atoms with Gasteiger partial charge in [-0.15, -0.1) is 0 Å². The molecule has 1 saturated heterocycles. The van der Waals surface area contributed by atoms with E-state index in [0.29, 0.717) is 18.4 Å². The molecule has 0 bridgehead atoms. The van der Waals surface area contributed by atoms with Gasteiger partial charge in [0.2, 0.25) is 0 Å². The lowest BCUT2D eigenvalue weighted by Crippen LogP contribution is -2.40. The van der Waals surface area contributed by atoms with Gasteiger partial charge in [-0.25, -0.2) is 0 Å². The Morgan fingerprint density at radius 3 is 2.31 bits per heavy atom. The van der Waals surface area contributed by atoms with Crippen molar-refractivity contribution in [3.8, 4) is 0 Å². The summed E-state index contributed by atoms with van der Waals surface area (Å²) in [5.74, 6) is 0.500. The Kier molecular flexibility index (Phi) is 5.26. The van der Waals surface area contributed by atoms with Crippen LogP contribution in [0.15, 0.2) is 0 Å². The molecule has 0 aromatic carbocycles. The van der Waals surface area contributed by atoms with Crippen LogP contribution in [0, 0.1) is 11.8 Å². The monoisotopic (exact) mass is 227 g/mol. The quantitative estimate of drug-likeness (QED) is 0.785. The van der Waals surface area contributed by atoms with Gasteiger partial charge in [0.05, 0.1) is 0 Å². The molecule has 3 heteroatoms. The molecule has 0 saturated carbocycles. The van der Waals surface area contributed by atoms with E-state index in [1.165, 1.54) is 6.42 Å². The molecule has 0 radical (unpaired) electrons. The number of carboxylic acids is 1. The van der Waals surface area contributed by atoms with Gasteiger partial charge in [-0.05, 0) is 51.1 Å². The summed E-state index contributed by atoms with van der Waals surface area (Å²) in [5.41, 5.74) is 0. The molecular formula is C13H25NO2. The molecule has 0 aliphatic carbocycles. The minimum atomic E-state index is -0.645. The number of nitrogens with zero attached hydrogens (tertiary/aromatic N) is 1. The number of hydrogen-bond donors (Lipinski definition) is 1. The molecule has 1 heterocycles. The summed E-state index contributed by atoms with van der Waals surface area (Å²) < 4.78 is 0. The maximum Gasteiger partial charge on any atom is 0.303 e. The van der Waals surface area contributed by atoms with Crippen molar-refractivity contribution in [2.75, 3.05) is 13.1 Å². The molecule has 3 nitrogen and oxygen atoms in total. The van der Waals surface area contributed by atoms with E-state index in [9.17, 15) is 4.79 Å². The minimum Gasteiger partial charge on any atom is -0.481 e. The molecule has 1 unspecified atom stereocenters. The molecule has 0 aromatic heterocycles. The van der Waals surface area contributed by atoms with Crippen molar-refractivity contribution in [1.82, 2.24) is 4.90 Å². The van der Waals surface area contributed by atoms with E-state index in [-0.39, 0.29) is 0 Å². The van der Waals surface area contributed by atoms with Crippen molar-refractivity contribution in [1.29, 1.82) is 0 Å². The van der Waals surface area contributed by atoms with Gasteiger partial charge in [-0.3, -0.25) is 4.79 Å². The first-order chi connectivity index (χ1) is 7.49. The lowest BCUT2D eigenvalue weighted by atomic mass is 9.92. The highest BCUT2D eigenvalue weighted by molar-refractivity contribution is 5.67. The zero-order valence-electron chi connectivity index (χ0n) is 10.8. The normalized spacial score (nSPS) is 21.2. The molecular weight excluding hydrogens is 202 g/mol. The van der Waals surface area contributed by atoms with Crippen molar-refractivity contribution < 1.29 is 9.90 Å². The van der Waals surface area contributed by atoms with Gasteiger partial charge >= 0.3 is 5.97 Å². The van der Waals surface area contributed by atoms with E-state index in [4.69, 9.17) is 5.11 Å². The van der Waals surface area contributed by atoms with Gasteiger partial charge in [0.15, 0.2) is 0 Å². The van der Waals surface area contributed by atoms with Crippen LogP contribution in [0.5, 0.6) is 0 Å². The number of rotatable bonds is 5. The van der Waals surface area contributed by atoms with Crippen LogP contribution in [0.1, 0.15) is 46.5 Å². The van der Waals surface area contributed by atoms with Gasteiger partial charge in [0.1, 0.15) is 0 Å². The summed E-state index contributed by atoms with van der Waals surface area (Å²) in [6, 6.07) is 0.644. The third kappa shape index (κ3) is 4.52. The average molecular weight is 227 g/mol. The second-order valence-corrected chi connectivity index (χ2v) is 5.56. The van der Waals surface area contributed by atoms with E-state index in [1.54, 1.807) is 0 Å². The molecule has 1 aliphatic heterocycles. The Hall–Kier alpha value is -0.570. The molecule has 0 aromatic rings. The third-order valence-electron chi connectivity index (χ3n) is 3.55. The summed E-state index contributed by atoms with van der Waals surface area (Å²) in [4.78, 5) is 13.1. The number of aliphatic carboxylic acids is 1. The van der Waals surface area contributed by atoms with E-state index >= 15 is 0 Å². The molecule has 1 atom stereocenters. The van der Waals surface area contributed by atoms with Gasteiger partial charge in [0, 0.05) is 12.5 Å². The molecule has 94 valence electrons. The summed E-state index contributed by atoms with van der Waals surface area (Å²) in [6.45, 7) is 8.95. The first-order valence-corrected chi connectivity index (χ1v) is 6.45. The smallest absolute Gasteiger partial charge is 0.303 e. The second-order valence-electron chi connectivity index (χ2n) is 5.56. The summed E-state index contributed by atoms with van der Waals surface area (Å²) >= 11 is 0. The second kappa shape index (κ2) is 6.24. The molecule has 1 fully saturated rings. The summed E-state index contributed by atoms with van der Waals surface area (Å²) in [5, 5.41) is 8.75.